The number of rotatable bonds is 3. The van der Waals surface area contributed by atoms with Crippen LogP contribution in [0.25, 0.3) is 0 Å². The smallest absolute Gasteiger partial charge is 0.0643 e. The zero-order valence-corrected chi connectivity index (χ0v) is 8.05. The van der Waals surface area contributed by atoms with E-state index in [-0.39, 0.29) is 0 Å². The molecule has 1 aromatic carbocycles. The Balaban J connectivity index is 1.83. The van der Waals surface area contributed by atoms with Crippen LogP contribution in [0.1, 0.15) is 5.56 Å². The van der Waals surface area contributed by atoms with Crippen molar-refractivity contribution in [3.63, 3.8) is 0 Å². The number of hydrogen-bond acceptors (Lipinski definition) is 2. The minimum atomic E-state index is 0.538. The Bertz CT molecular complexity index is 269. The highest BCUT2D eigenvalue weighted by atomic mass is 35.5. The van der Waals surface area contributed by atoms with Crippen LogP contribution in [0.4, 0.5) is 0 Å². The van der Waals surface area contributed by atoms with Gasteiger partial charge in [-0.1, -0.05) is 23.7 Å². The first-order chi connectivity index (χ1) is 6.34. The zero-order valence-electron chi connectivity index (χ0n) is 7.29. The van der Waals surface area contributed by atoms with Gasteiger partial charge in [-0.05, 0) is 17.7 Å². The number of halogens is 1. The van der Waals surface area contributed by atoms with Crippen molar-refractivity contribution in [1.82, 2.24) is 5.32 Å². The molecule has 1 saturated heterocycles. The SMILES string of the molecule is Clc1ccc(CNC2COC2)cc1. The summed E-state index contributed by atoms with van der Waals surface area (Å²) in [6.07, 6.45) is 0. The molecule has 0 amide bonds. The normalized spacial score (nSPS) is 17.0. The van der Waals surface area contributed by atoms with E-state index in [9.17, 15) is 0 Å². The van der Waals surface area contributed by atoms with E-state index in [1.165, 1.54) is 5.56 Å². The summed E-state index contributed by atoms with van der Waals surface area (Å²) in [6, 6.07) is 8.44. The Morgan fingerprint density at radius 2 is 2.00 bits per heavy atom. The van der Waals surface area contributed by atoms with Crippen LogP contribution in [0, 0.1) is 0 Å². The Labute approximate surface area is 82.9 Å². The fraction of sp³-hybridized carbons (Fsp3) is 0.400. The maximum absolute atomic E-state index is 5.77. The average molecular weight is 198 g/mol. The van der Waals surface area contributed by atoms with Crippen molar-refractivity contribution in [2.75, 3.05) is 13.2 Å². The van der Waals surface area contributed by atoms with Crippen LogP contribution in [0.2, 0.25) is 5.02 Å². The Morgan fingerprint density at radius 3 is 2.54 bits per heavy atom. The molecule has 13 heavy (non-hydrogen) atoms. The first-order valence-corrected chi connectivity index (χ1v) is 4.78. The third kappa shape index (κ3) is 2.44. The van der Waals surface area contributed by atoms with E-state index in [1.54, 1.807) is 0 Å². The lowest BCUT2D eigenvalue weighted by Crippen LogP contribution is -2.45. The second kappa shape index (κ2) is 4.09. The van der Waals surface area contributed by atoms with Gasteiger partial charge in [0.15, 0.2) is 0 Å². The highest BCUT2D eigenvalue weighted by Gasteiger charge is 2.16. The predicted octanol–water partition coefficient (Wildman–Crippen LogP) is 1.83. The molecule has 0 atom stereocenters. The lowest BCUT2D eigenvalue weighted by Gasteiger charge is -2.26. The van der Waals surface area contributed by atoms with Crippen LogP contribution < -0.4 is 5.32 Å². The summed E-state index contributed by atoms with van der Waals surface area (Å²) in [5, 5.41) is 4.17. The molecule has 0 saturated carbocycles. The summed E-state index contributed by atoms with van der Waals surface area (Å²) in [5.41, 5.74) is 1.26. The third-order valence-electron chi connectivity index (χ3n) is 2.15. The average Bonchev–Trinajstić information content (AvgIpc) is 2.05. The standard InChI is InChI=1S/C10H12ClNO/c11-9-3-1-8(2-4-9)5-12-10-6-13-7-10/h1-4,10,12H,5-7H2. The monoisotopic (exact) mass is 197 g/mol. The topological polar surface area (TPSA) is 21.3 Å². The van der Waals surface area contributed by atoms with Crippen LogP contribution in [0.3, 0.4) is 0 Å². The first kappa shape index (κ1) is 9.00. The van der Waals surface area contributed by atoms with Gasteiger partial charge in [0.1, 0.15) is 0 Å². The lowest BCUT2D eigenvalue weighted by atomic mass is 10.2. The van der Waals surface area contributed by atoms with Crippen LogP contribution >= 0.6 is 11.6 Å². The Kier molecular flexibility index (Phi) is 2.83. The molecule has 0 bridgehead atoms. The van der Waals surface area contributed by atoms with Crippen molar-refractivity contribution in [2.45, 2.75) is 12.6 Å². The highest BCUT2D eigenvalue weighted by molar-refractivity contribution is 6.30. The summed E-state index contributed by atoms with van der Waals surface area (Å²) < 4.78 is 5.06. The molecule has 1 heterocycles. The van der Waals surface area contributed by atoms with Crippen molar-refractivity contribution < 1.29 is 4.74 Å². The van der Waals surface area contributed by atoms with Crippen molar-refractivity contribution in [3.8, 4) is 0 Å². The molecule has 1 aliphatic rings. The molecule has 1 fully saturated rings. The summed E-state index contributed by atoms with van der Waals surface area (Å²) in [7, 11) is 0. The number of hydrogen-bond donors (Lipinski definition) is 1. The third-order valence-corrected chi connectivity index (χ3v) is 2.40. The molecule has 0 aromatic heterocycles. The molecule has 2 rings (SSSR count). The van der Waals surface area contributed by atoms with E-state index in [0.717, 1.165) is 24.8 Å². The quantitative estimate of drug-likeness (QED) is 0.799. The van der Waals surface area contributed by atoms with Gasteiger partial charge < -0.3 is 10.1 Å². The van der Waals surface area contributed by atoms with Gasteiger partial charge in [-0.3, -0.25) is 0 Å². The molecular weight excluding hydrogens is 186 g/mol. The van der Waals surface area contributed by atoms with Gasteiger partial charge >= 0.3 is 0 Å². The maximum Gasteiger partial charge on any atom is 0.0643 e. The summed E-state index contributed by atoms with van der Waals surface area (Å²) in [4.78, 5) is 0. The van der Waals surface area contributed by atoms with Gasteiger partial charge in [-0.2, -0.15) is 0 Å². The minimum absolute atomic E-state index is 0.538. The second-order valence-corrected chi connectivity index (χ2v) is 3.68. The maximum atomic E-state index is 5.77. The van der Waals surface area contributed by atoms with Crippen molar-refractivity contribution >= 4 is 11.6 Å². The van der Waals surface area contributed by atoms with E-state index in [4.69, 9.17) is 16.3 Å². The number of benzene rings is 1. The van der Waals surface area contributed by atoms with Crippen LogP contribution in [0.5, 0.6) is 0 Å². The van der Waals surface area contributed by atoms with E-state index in [1.807, 2.05) is 24.3 Å². The van der Waals surface area contributed by atoms with Crippen LogP contribution in [-0.2, 0) is 11.3 Å². The number of ether oxygens (including phenoxy) is 1. The van der Waals surface area contributed by atoms with Crippen LogP contribution in [0.15, 0.2) is 24.3 Å². The molecule has 1 N–H and O–H groups in total. The zero-order chi connectivity index (χ0) is 9.10. The molecular formula is C10H12ClNO. The molecule has 3 heteroatoms. The second-order valence-electron chi connectivity index (χ2n) is 3.24. The Hall–Kier alpha value is -0.570. The summed E-state index contributed by atoms with van der Waals surface area (Å²) in [5.74, 6) is 0. The van der Waals surface area contributed by atoms with E-state index in [0.29, 0.717) is 6.04 Å². The van der Waals surface area contributed by atoms with Crippen molar-refractivity contribution in [3.05, 3.63) is 34.9 Å². The van der Waals surface area contributed by atoms with Crippen LogP contribution in [-0.4, -0.2) is 19.3 Å². The molecule has 0 radical (unpaired) electrons. The van der Waals surface area contributed by atoms with Gasteiger partial charge in [0.25, 0.3) is 0 Å². The van der Waals surface area contributed by atoms with Crippen molar-refractivity contribution in [1.29, 1.82) is 0 Å². The minimum Gasteiger partial charge on any atom is -0.378 e. The van der Waals surface area contributed by atoms with E-state index >= 15 is 0 Å². The van der Waals surface area contributed by atoms with E-state index < -0.39 is 0 Å². The van der Waals surface area contributed by atoms with Crippen molar-refractivity contribution in [2.24, 2.45) is 0 Å². The fourth-order valence-electron chi connectivity index (χ4n) is 1.22. The van der Waals surface area contributed by atoms with Gasteiger partial charge in [0.05, 0.1) is 19.3 Å². The largest absolute Gasteiger partial charge is 0.378 e. The van der Waals surface area contributed by atoms with Gasteiger partial charge in [0.2, 0.25) is 0 Å². The summed E-state index contributed by atoms with van der Waals surface area (Å²) >= 11 is 5.77. The lowest BCUT2D eigenvalue weighted by molar-refractivity contribution is -0.00578. The van der Waals surface area contributed by atoms with E-state index in [2.05, 4.69) is 5.32 Å². The molecule has 1 aromatic rings. The Morgan fingerprint density at radius 1 is 1.31 bits per heavy atom. The van der Waals surface area contributed by atoms with Gasteiger partial charge in [-0.15, -0.1) is 0 Å². The molecule has 0 aliphatic carbocycles. The fourth-order valence-corrected chi connectivity index (χ4v) is 1.34. The van der Waals surface area contributed by atoms with Gasteiger partial charge in [-0.25, -0.2) is 0 Å². The predicted molar refractivity (Wildman–Crippen MR) is 52.9 cm³/mol. The molecule has 70 valence electrons. The summed E-state index contributed by atoms with van der Waals surface area (Å²) in [6.45, 7) is 2.58. The molecule has 2 nitrogen and oxygen atoms in total. The number of nitrogens with one attached hydrogen (secondary N) is 1. The molecule has 1 aliphatic heterocycles. The highest BCUT2D eigenvalue weighted by Crippen LogP contribution is 2.10. The molecule has 0 spiro atoms. The van der Waals surface area contributed by atoms with Gasteiger partial charge in [0, 0.05) is 11.6 Å². The first-order valence-electron chi connectivity index (χ1n) is 4.40. The molecule has 0 unspecified atom stereocenters.